The molecule has 0 bridgehead atoms. The highest BCUT2D eigenvalue weighted by Gasteiger charge is 2.27. The fourth-order valence-corrected chi connectivity index (χ4v) is 2.69. The summed E-state index contributed by atoms with van der Waals surface area (Å²) in [6.45, 7) is 1.58. The highest BCUT2D eigenvalue weighted by Crippen LogP contribution is 2.32. The van der Waals surface area contributed by atoms with Gasteiger partial charge in [0.2, 0.25) is 5.82 Å². The lowest BCUT2D eigenvalue weighted by Crippen LogP contribution is -2.16. The summed E-state index contributed by atoms with van der Waals surface area (Å²) >= 11 is 0. The Hall–Kier alpha value is -3.29. The van der Waals surface area contributed by atoms with E-state index in [-0.39, 0.29) is 17.3 Å². The molecule has 0 aliphatic rings. The van der Waals surface area contributed by atoms with Crippen LogP contribution in [0.15, 0.2) is 48.7 Å². The maximum absolute atomic E-state index is 13.3. The first kappa shape index (κ1) is 16.6. The first-order chi connectivity index (χ1) is 12.0. The second-order valence-electron chi connectivity index (χ2n) is 5.55. The van der Waals surface area contributed by atoms with E-state index in [1.807, 2.05) is 6.07 Å². The van der Waals surface area contributed by atoms with Crippen LogP contribution in [0.5, 0.6) is 0 Å². The number of benzene rings is 1. The molecule has 0 spiro atoms. The molecule has 1 atom stereocenters. The van der Waals surface area contributed by atoms with E-state index in [1.165, 1.54) is 16.8 Å². The van der Waals surface area contributed by atoms with Crippen LogP contribution in [0.25, 0.3) is 0 Å². The van der Waals surface area contributed by atoms with Gasteiger partial charge in [-0.25, -0.2) is 9.07 Å². The van der Waals surface area contributed by atoms with Gasteiger partial charge in [0.05, 0.1) is 16.7 Å². The number of hydrogen-bond donors (Lipinski definition) is 1. The summed E-state index contributed by atoms with van der Waals surface area (Å²) < 4.78 is 14.7. The van der Waals surface area contributed by atoms with Gasteiger partial charge in [-0.05, 0) is 36.8 Å². The molecule has 1 aromatic carbocycles. The van der Waals surface area contributed by atoms with Crippen LogP contribution >= 0.6 is 0 Å². The predicted octanol–water partition coefficient (Wildman–Crippen LogP) is 3.37. The smallest absolute Gasteiger partial charge is 0.333 e. The zero-order valence-electron chi connectivity index (χ0n) is 13.7. The van der Waals surface area contributed by atoms with Gasteiger partial charge < -0.3 is 5.32 Å². The van der Waals surface area contributed by atoms with Crippen LogP contribution in [0.1, 0.15) is 23.0 Å². The number of hydrogen-bond acceptors (Lipinski definition) is 5. The van der Waals surface area contributed by atoms with E-state index in [9.17, 15) is 14.5 Å². The molecule has 1 unspecified atom stereocenters. The van der Waals surface area contributed by atoms with Gasteiger partial charge in [0.15, 0.2) is 0 Å². The highest BCUT2D eigenvalue weighted by atomic mass is 19.1. The molecule has 7 nitrogen and oxygen atoms in total. The third kappa shape index (κ3) is 3.32. The van der Waals surface area contributed by atoms with Crippen molar-refractivity contribution in [3.05, 3.63) is 81.5 Å². The quantitative estimate of drug-likeness (QED) is 0.568. The number of pyridine rings is 1. The lowest BCUT2D eigenvalue weighted by atomic mass is 10.0. The zero-order valence-corrected chi connectivity index (χ0v) is 13.7. The standard InChI is InChI=1S/C17H16FN5O2/c1-11-16(23(24)25)17(22(2)21-11)20-15(14-5-3-4-10-19-14)12-6-8-13(18)9-7-12/h3-10,15,20H,1-2H3. The molecule has 0 fully saturated rings. The Morgan fingerprint density at radius 3 is 2.56 bits per heavy atom. The Morgan fingerprint density at radius 2 is 1.96 bits per heavy atom. The van der Waals surface area contributed by atoms with Crippen molar-refractivity contribution in [3.63, 3.8) is 0 Å². The van der Waals surface area contributed by atoms with E-state index >= 15 is 0 Å². The Morgan fingerprint density at radius 1 is 1.24 bits per heavy atom. The summed E-state index contributed by atoms with van der Waals surface area (Å²) in [4.78, 5) is 15.3. The minimum atomic E-state index is -0.490. The zero-order chi connectivity index (χ0) is 18.0. The van der Waals surface area contributed by atoms with Crippen molar-refractivity contribution in [2.45, 2.75) is 13.0 Å². The van der Waals surface area contributed by atoms with Crippen molar-refractivity contribution in [3.8, 4) is 0 Å². The van der Waals surface area contributed by atoms with Gasteiger partial charge in [0.1, 0.15) is 11.5 Å². The van der Waals surface area contributed by atoms with Gasteiger partial charge >= 0.3 is 5.69 Å². The number of aryl methyl sites for hydroxylation is 2. The maximum Gasteiger partial charge on any atom is 0.333 e. The fourth-order valence-electron chi connectivity index (χ4n) is 2.69. The summed E-state index contributed by atoms with van der Waals surface area (Å²) in [5.41, 5.74) is 1.61. The molecule has 0 saturated carbocycles. The largest absolute Gasteiger partial charge is 0.352 e. The summed E-state index contributed by atoms with van der Waals surface area (Å²) in [5, 5.41) is 18.7. The molecule has 8 heteroatoms. The molecule has 1 N–H and O–H groups in total. The van der Waals surface area contributed by atoms with Gasteiger partial charge in [-0.2, -0.15) is 5.10 Å². The van der Waals surface area contributed by atoms with E-state index in [0.29, 0.717) is 11.4 Å². The van der Waals surface area contributed by atoms with Crippen molar-refractivity contribution in [2.24, 2.45) is 7.05 Å². The molecule has 0 amide bonds. The Balaban J connectivity index is 2.08. The van der Waals surface area contributed by atoms with Crippen LogP contribution in [-0.4, -0.2) is 19.7 Å². The van der Waals surface area contributed by atoms with Crippen molar-refractivity contribution in [1.29, 1.82) is 0 Å². The van der Waals surface area contributed by atoms with Crippen molar-refractivity contribution in [2.75, 3.05) is 5.32 Å². The summed E-state index contributed by atoms with van der Waals surface area (Å²) in [5.74, 6) is -0.0895. The Kier molecular flexibility index (Phi) is 4.42. The van der Waals surface area contributed by atoms with Crippen molar-refractivity contribution >= 4 is 11.5 Å². The normalized spacial score (nSPS) is 12.0. The number of rotatable bonds is 5. The number of halogens is 1. The lowest BCUT2D eigenvalue weighted by Gasteiger charge is -2.19. The van der Waals surface area contributed by atoms with Crippen LogP contribution in [0.2, 0.25) is 0 Å². The van der Waals surface area contributed by atoms with E-state index < -0.39 is 11.0 Å². The van der Waals surface area contributed by atoms with Crippen molar-refractivity contribution < 1.29 is 9.31 Å². The van der Waals surface area contributed by atoms with E-state index in [2.05, 4.69) is 15.4 Å². The molecular weight excluding hydrogens is 325 g/mol. The first-order valence-electron chi connectivity index (χ1n) is 7.58. The van der Waals surface area contributed by atoms with Crippen LogP contribution in [0.4, 0.5) is 15.9 Å². The van der Waals surface area contributed by atoms with E-state index in [1.54, 1.807) is 44.4 Å². The van der Waals surface area contributed by atoms with Gasteiger partial charge in [-0.1, -0.05) is 18.2 Å². The average molecular weight is 341 g/mol. The second kappa shape index (κ2) is 6.68. The molecule has 128 valence electrons. The summed E-state index contributed by atoms with van der Waals surface area (Å²) in [6, 6.07) is 10.8. The molecular formula is C17H16FN5O2. The minimum Gasteiger partial charge on any atom is -0.352 e. The third-order valence-corrected chi connectivity index (χ3v) is 3.84. The molecule has 2 heterocycles. The molecule has 0 saturated heterocycles. The van der Waals surface area contributed by atoms with Crippen LogP contribution in [0, 0.1) is 22.9 Å². The molecule has 3 rings (SSSR count). The number of aromatic nitrogens is 3. The molecule has 0 aliphatic heterocycles. The fraction of sp³-hybridized carbons (Fsp3) is 0.176. The third-order valence-electron chi connectivity index (χ3n) is 3.84. The molecule has 3 aromatic rings. The number of nitrogens with zero attached hydrogens (tertiary/aromatic N) is 4. The monoisotopic (exact) mass is 341 g/mol. The first-order valence-corrected chi connectivity index (χ1v) is 7.58. The Bertz CT molecular complexity index is 893. The SMILES string of the molecule is Cc1nn(C)c(NC(c2ccc(F)cc2)c2ccccn2)c1[N+](=O)[O-]. The highest BCUT2D eigenvalue weighted by molar-refractivity contribution is 5.61. The molecule has 0 aliphatic carbocycles. The van der Waals surface area contributed by atoms with Gasteiger partial charge in [0.25, 0.3) is 0 Å². The van der Waals surface area contributed by atoms with Gasteiger partial charge in [-0.3, -0.25) is 15.1 Å². The number of anilines is 1. The van der Waals surface area contributed by atoms with Crippen LogP contribution < -0.4 is 5.32 Å². The molecule has 0 radical (unpaired) electrons. The summed E-state index contributed by atoms with van der Waals surface area (Å²) in [7, 11) is 1.63. The van der Waals surface area contributed by atoms with E-state index in [0.717, 1.165) is 5.56 Å². The van der Waals surface area contributed by atoms with Crippen molar-refractivity contribution in [1.82, 2.24) is 14.8 Å². The number of nitrogens with one attached hydrogen (secondary N) is 1. The topological polar surface area (TPSA) is 85.9 Å². The van der Waals surface area contributed by atoms with Crippen LogP contribution in [0.3, 0.4) is 0 Å². The lowest BCUT2D eigenvalue weighted by molar-refractivity contribution is -0.384. The minimum absolute atomic E-state index is 0.0921. The average Bonchev–Trinajstić information content (AvgIpc) is 2.88. The predicted molar refractivity (Wildman–Crippen MR) is 90.7 cm³/mol. The number of nitro groups is 1. The summed E-state index contributed by atoms with van der Waals surface area (Å²) in [6.07, 6.45) is 1.64. The van der Waals surface area contributed by atoms with Crippen LogP contribution in [-0.2, 0) is 7.05 Å². The Labute approximate surface area is 143 Å². The van der Waals surface area contributed by atoms with Gasteiger partial charge in [0, 0.05) is 13.2 Å². The van der Waals surface area contributed by atoms with E-state index in [4.69, 9.17) is 0 Å². The molecule has 25 heavy (non-hydrogen) atoms. The second-order valence-corrected chi connectivity index (χ2v) is 5.55. The van der Waals surface area contributed by atoms with Gasteiger partial charge in [-0.15, -0.1) is 0 Å². The molecule has 2 aromatic heterocycles. The maximum atomic E-state index is 13.3.